The molecule has 1 fully saturated rings. The fourth-order valence-electron chi connectivity index (χ4n) is 4.92. The first-order chi connectivity index (χ1) is 18.9. The SMILES string of the molecule is Cc1ccc([C@H](C(=O)NC2CCCCC2)N(C(=O)CCCC(=O)Nc2ccccn2)c2ccccc2F)cc1. The number of anilines is 2. The number of halogens is 1. The van der Waals surface area contributed by atoms with Crippen molar-refractivity contribution < 1.29 is 18.8 Å². The van der Waals surface area contributed by atoms with Crippen LogP contribution < -0.4 is 15.5 Å². The summed E-state index contributed by atoms with van der Waals surface area (Å²) in [5.41, 5.74) is 1.64. The molecule has 1 aliphatic carbocycles. The second-order valence-electron chi connectivity index (χ2n) is 9.99. The van der Waals surface area contributed by atoms with Crippen molar-refractivity contribution in [3.05, 3.63) is 89.9 Å². The van der Waals surface area contributed by atoms with E-state index in [0.717, 1.165) is 37.7 Å². The Morgan fingerprint density at radius 3 is 2.36 bits per heavy atom. The summed E-state index contributed by atoms with van der Waals surface area (Å²) in [4.78, 5) is 45.3. The van der Waals surface area contributed by atoms with Crippen molar-refractivity contribution in [3.8, 4) is 0 Å². The first-order valence-corrected chi connectivity index (χ1v) is 13.6. The lowest BCUT2D eigenvalue weighted by Crippen LogP contribution is -2.47. The number of carbonyl (C=O) groups is 3. The van der Waals surface area contributed by atoms with Gasteiger partial charge in [0.2, 0.25) is 17.7 Å². The fraction of sp³-hybridized carbons (Fsp3) is 0.355. The fourth-order valence-corrected chi connectivity index (χ4v) is 4.92. The predicted octanol–water partition coefficient (Wildman–Crippen LogP) is 5.86. The largest absolute Gasteiger partial charge is 0.351 e. The Hall–Kier alpha value is -4.07. The van der Waals surface area contributed by atoms with Crippen molar-refractivity contribution in [2.75, 3.05) is 10.2 Å². The van der Waals surface area contributed by atoms with E-state index in [9.17, 15) is 14.4 Å². The normalized spacial score (nSPS) is 14.3. The van der Waals surface area contributed by atoms with E-state index in [-0.39, 0.29) is 42.8 Å². The van der Waals surface area contributed by atoms with Crippen LogP contribution >= 0.6 is 0 Å². The molecule has 0 spiro atoms. The van der Waals surface area contributed by atoms with Crippen molar-refractivity contribution in [1.82, 2.24) is 10.3 Å². The van der Waals surface area contributed by atoms with E-state index < -0.39 is 17.8 Å². The van der Waals surface area contributed by atoms with Crippen molar-refractivity contribution >= 4 is 29.2 Å². The summed E-state index contributed by atoms with van der Waals surface area (Å²) in [5.74, 6) is -1.21. The molecule has 3 aromatic rings. The molecule has 0 radical (unpaired) electrons. The average Bonchev–Trinajstić information content (AvgIpc) is 2.94. The van der Waals surface area contributed by atoms with Gasteiger partial charge >= 0.3 is 0 Å². The van der Waals surface area contributed by atoms with E-state index in [4.69, 9.17) is 0 Å². The maximum Gasteiger partial charge on any atom is 0.248 e. The van der Waals surface area contributed by atoms with Crippen LogP contribution in [0.5, 0.6) is 0 Å². The van der Waals surface area contributed by atoms with Gasteiger partial charge in [-0.1, -0.05) is 67.3 Å². The highest BCUT2D eigenvalue weighted by Gasteiger charge is 2.35. The highest BCUT2D eigenvalue weighted by Crippen LogP contribution is 2.32. The number of amides is 3. The van der Waals surface area contributed by atoms with Gasteiger partial charge in [-0.15, -0.1) is 0 Å². The molecule has 1 aliphatic rings. The number of pyridine rings is 1. The maximum absolute atomic E-state index is 15.2. The lowest BCUT2D eigenvalue weighted by molar-refractivity contribution is -0.127. The Morgan fingerprint density at radius 2 is 1.67 bits per heavy atom. The summed E-state index contributed by atoms with van der Waals surface area (Å²) in [7, 11) is 0. The molecule has 1 atom stereocenters. The number of aryl methyl sites for hydroxylation is 1. The van der Waals surface area contributed by atoms with Gasteiger partial charge in [-0.3, -0.25) is 19.3 Å². The van der Waals surface area contributed by atoms with Gasteiger partial charge in [-0.25, -0.2) is 9.37 Å². The number of benzene rings is 2. The van der Waals surface area contributed by atoms with Crippen LogP contribution in [0.25, 0.3) is 0 Å². The molecule has 4 rings (SSSR count). The highest BCUT2D eigenvalue weighted by atomic mass is 19.1. The van der Waals surface area contributed by atoms with Crippen LogP contribution in [-0.2, 0) is 14.4 Å². The molecule has 39 heavy (non-hydrogen) atoms. The smallest absolute Gasteiger partial charge is 0.248 e. The van der Waals surface area contributed by atoms with E-state index in [1.807, 2.05) is 31.2 Å². The summed E-state index contributed by atoms with van der Waals surface area (Å²) >= 11 is 0. The molecule has 3 amide bonds. The minimum Gasteiger partial charge on any atom is -0.351 e. The van der Waals surface area contributed by atoms with E-state index >= 15 is 4.39 Å². The Bertz CT molecular complexity index is 1260. The molecule has 0 aliphatic heterocycles. The number of aromatic nitrogens is 1. The third-order valence-corrected chi connectivity index (χ3v) is 6.96. The molecule has 1 saturated carbocycles. The van der Waals surface area contributed by atoms with Crippen LogP contribution in [0.4, 0.5) is 15.9 Å². The third-order valence-electron chi connectivity index (χ3n) is 6.96. The monoisotopic (exact) mass is 530 g/mol. The predicted molar refractivity (Wildman–Crippen MR) is 150 cm³/mol. The van der Waals surface area contributed by atoms with Crippen molar-refractivity contribution in [2.24, 2.45) is 0 Å². The zero-order valence-corrected chi connectivity index (χ0v) is 22.2. The standard InChI is InChI=1S/C31H35FN4O3/c1-22-17-19-23(20-18-22)30(31(39)34-24-10-3-2-4-11-24)36(26-13-6-5-12-25(26)32)29(38)16-9-15-28(37)35-27-14-7-8-21-33-27/h5-8,12-14,17-21,24,30H,2-4,9-11,15-16H2,1H3,(H,34,39)(H,33,35,37)/t30-/m1/s1. The van der Waals surface area contributed by atoms with Crippen LogP contribution in [0.15, 0.2) is 72.9 Å². The van der Waals surface area contributed by atoms with Crippen LogP contribution in [0.1, 0.15) is 68.5 Å². The quantitative estimate of drug-likeness (QED) is 0.343. The number of nitrogens with zero attached hydrogens (tertiary/aromatic N) is 2. The van der Waals surface area contributed by atoms with Gasteiger partial charge in [0.05, 0.1) is 5.69 Å². The number of rotatable bonds is 10. The summed E-state index contributed by atoms with van der Waals surface area (Å²) in [6.07, 6.45) is 6.83. The zero-order valence-electron chi connectivity index (χ0n) is 22.2. The van der Waals surface area contributed by atoms with Crippen LogP contribution in [-0.4, -0.2) is 28.7 Å². The van der Waals surface area contributed by atoms with Gasteiger partial charge in [0.15, 0.2) is 0 Å². The number of hydrogen-bond acceptors (Lipinski definition) is 4. The Labute approximate surface area is 228 Å². The molecule has 7 nitrogen and oxygen atoms in total. The molecule has 0 saturated heterocycles. The van der Waals surface area contributed by atoms with E-state index in [0.29, 0.717) is 11.4 Å². The molecule has 1 heterocycles. The molecule has 2 N–H and O–H groups in total. The summed E-state index contributed by atoms with van der Waals surface area (Å²) in [6, 6.07) is 17.5. The molecular weight excluding hydrogens is 495 g/mol. The second kappa shape index (κ2) is 13.6. The number of nitrogens with one attached hydrogen (secondary N) is 2. The molecule has 0 bridgehead atoms. The van der Waals surface area contributed by atoms with E-state index in [1.165, 1.54) is 17.0 Å². The lowest BCUT2D eigenvalue weighted by atomic mass is 9.94. The Kier molecular flexibility index (Phi) is 9.78. The van der Waals surface area contributed by atoms with Crippen LogP contribution in [0.2, 0.25) is 0 Å². The molecule has 8 heteroatoms. The van der Waals surface area contributed by atoms with Gasteiger partial charge in [0.25, 0.3) is 0 Å². The Balaban J connectivity index is 1.58. The first kappa shape index (κ1) is 28.0. The first-order valence-electron chi connectivity index (χ1n) is 13.6. The van der Waals surface area contributed by atoms with Gasteiger partial charge in [0, 0.05) is 25.1 Å². The zero-order chi connectivity index (χ0) is 27.6. The van der Waals surface area contributed by atoms with E-state index in [2.05, 4.69) is 15.6 Å². The Morgan fingerprint density at radius 1 is 0.949 bits per heavy atom. The molecule has 2 aromatic carbocycles. The van der Waals surface area contributed by atoms with Crippen LogP contribution in [0.3, 0.4) is 0 Å². The average molecular weight is 531 g/mol. The van der Waals surface area contributed by atoms with Gasteiger partial charge in [0.1, 0.15) is 17.7 Å². The number of carbonyl (C=O) groups excluding carboxylic acids is 3. The van der Waals surface area contributed by atoms with Crippen molar-refractivity contribution in [2.45, 2.75) is 70.4 Å². The van der Waals surface area contributed by atoms with E-state index in [1.54, 1.807) is 36.5 Å². The minimum atomic E-state index is -1.06. The van der Waals surface area contributed by atoms with Gasteiger partial charge < -0.3 is 10.6 Å². The van der Waals surface area contributed by atoms with Crippen molar-refractivity contribution in [3.63, 3.8) is 0 Å². The minimum absolute atomic E-state index is 0.0204. The third kappa shape index (κ3) is 7.72. The molecule has 204 valence electrons. The summed E-state index contributed by atoms with van der Waals surface area (Å²) in [6.45, 7) is 1.94. The summed E-state index contributed by atoms with van der Waals surface area (Å²) in [5, 5.41) is 5.84. The molecular formula is C31H35FN4O3. The van der Waals surface area contributed by atoms with Gasteiger partial charge in [-0.05, 0) is 56.0 Å². The highest BCUT2D eigenvalue weighted by molar-refractivity contribution is 6.01. The number of para-hydroxylation sites is 1. The van der Waals surface area contributed by atoms with Crippen molar-refractivity contribution in [1.29, 1.82) is 0 Å². The number of hydrogen-bond donors (Lipinski definition) is 2. The summed E-state index contributed by atoms with van der Waals surface area (Å²) < 4.78 is 15.2. The van der Waals surface area contributed by atoms with Gasteiger partial charge in [-0.2, -0.15) is 0 Å². The second-order valence-corrected chi connectivity index (χ2v) is 9.99. The topological polar surface area (TPSA) is 91.4 Å². The lowest BCUT2D eigenvalue weighted by Gasteiger charge is -2.33. The molecule has 1 aromatic heterocycles. The molecule has 0 unspecified atom stereocenters. The maximum atomic E-state index is 15.2. The van der Waals surface area contributed by atoms with Crippen LogP contribution in [0, 0.1) is 12.7 Å².